The van der Waals surface area contributed by atoms with Crippen LogP contribution in [0.1, 0.15) is 6.92 Å². The van der Waals surface area contributed by atoms with Crippen molar-refractivity contribution in [2.75, 3.05) is 0 Å². The maximum atomic E-state index is 12.1. The fourth-order valence-corrected chi connectivity index (χ4v) is 2.93. The van der Waals surface area contributed by atoms with Crippen LogP contribution in [-0.4, -0.2) is 19.4 Å². The van der Waals surface area contributed by atoms with Gasteiger partial charge < -0.3 is 0 Å². The monoisotopic (exact) mass is 294 g/mol. The van der Waals surface area contributed by atoms with Crippen molar-refractivity contribution in [1.29, 1.82) is 0 Å². The van der Waals surface area contributed by atoms with Crippen LogP contribution in [0.5, 0.6) is 0 Å². The van der Waals surface area contributed by atoms with E-state index < -0.39 is 16.1 Å². The van der Waals surface area contributed by atoms with Gasteiger partial charge in [-0.15, -0.1) is 6.42 Å². The third-order valence-corrected chi connectivity index (χ3v) is 4.27. The smallest absolute Gasteiger partial charge is 0.236 e. The molecule has 1 aromatic heterocycles. The average Bonchev–Trinajstić information content (AvgIpc) is 2.37. The molecule has 2 rings (SSSR count). The quantitative estimate of drug-likeness (QED) is 0.697. The molecule has 0 fully saturated rings. The average molecular weight is 295 g/mol. The number of pyridine rings is 1. The number of terminal acetylenes is 1. The predicted octanol–water partition coefficient (Wildman–Crippen LogP) is 2.19. The van der Waals surface area contributed by atoms with Gasteiger partial charge >= 0.3 is 0 Å². The summed E-state index contributed by atoms with van der Waals surface area (Å²) in [5, 5.41) is 1.06. The summed E-state index contributed by atoms with van der Waals surface area (Å²) in [5.41, 5.74) is 0.636. The summed E-state index contributed by atoms with van der Waals surface area (Å²) in [4.78, 5) is 4.24. The second-order valence-electron chi connectivity index (χ2n) is 4.00. The van der Waals surface area contributed by atoms with Gasteiger partial charge in [0.05, 0.1) is 16.5 Å². The van der Waals surface area contributed by atoms with Crippen LogP contribution in [0, 0.1) is 12.3 Å². The number of hydrogen-bond donors (Lipinski definition) is 1. The number of nitrogens with zero attached hydrogens (tertiary/aromatic N) is 1. The number of aromatic nitrogens is 1. The van der Waals surface area contributed by atoms with Gasteiger partial charge in [-0.05, 0) is 37.3 Å². The lowest BCUT2D eigenvalue weighted by atomic mass is 10.2. The van der Waals surface area contributed by atoms with E-state index in [-0.39, 0.29) is 4.90 Å². The zero-order valence-electron chi connectivity index (χ0n) is 10.1. The predicted molar refractivity (Wildman–Crippen MR) is 75.4 cm³/mol. The minimum atomic E-state index is -3.63. The standard InChI is InChI=1S/C13H11ClN2O2S/c1-3-9(2)16-19(17,18)11-5-6-12-10(8-11)4-7-13(14)15-12/h1,4-9,16H,2H3. The Morgan fingerprint density at radius 3 is 2.79 bits per heavy atom. The van der Waals surface area contributed by atoms with Gasteiger partial charge in [-0.2, -0.15) is 4.72 Å². The molecule has 0 spiro atoms. The van der Waals surface area contributed by atoms with Crippen LogP contribution >= 0.6 is 11.6 Å². The number of hydrogen-bond acceptors (Lipinski definition) is 3. The number of benzene rings is 1. The lowest BCUT2D eigenvalue weighted by Crippen LogP contribution is -2.31. The van der Waals surface area contributed by atoms with Crippen molar-refractivity contribution in [3.63, 3.8) is 0 Å². The molecule has 0 saturated heterocycles. The molecule has 0 radical (unpaired) electrons. The lowest BCUT2D eigenvalue weighted by molar-refractivity contribution is 0.578. The summed E-state index contributed by atoms with van der Waals surface area (Å²) in [6.45, 7) is 1.60. The Kier molecular flexibility index (Phi) is 3.76. The molecule has 19 heavy (non-hydrogen) atoms. The molecule has 2 aromatic rings. The Morgan fingerprint density at radius 1 is 1.37 bits per heavy atom. The third-order valence-electron chi connectivity index (χ3n) is 2.52. The SMILES string of the molecule is C#CC(C)NS(=O)(=O)c1ccc2nc(Cl)ccc2c1. The molecule has 0 bridgehead atoms. The van der Waals surface area contributed by atoms with Crippen molar-refractivity contribution in [3.05, 3.63) is 35.5 Å². The van der Waals surface area contributed by atoms with Crippen LogP contribution in [0.4, 0.5) is 0 Å². The van der Waals surface area contributed by atoms with Crippen molar-refractivity contribution < 1.29 is 8.42 Å². The van der Waals surface area contributed by atoms with Crippen LogP contribution in [0.25, 0.3) is 10.9 Å². The first-order valence-corrected chi connectivity index (χ1v) is 7.33. The van der Waals surface area contributed by atoms with E-state index in [9.17, 15) is 8.42 Å². The van der Waals surface area contributed by atoms with Gasteiger partial charge in [0.25, 0.3) is 0 Å². The number of nitrogens with one attached hydrogen (secondary N) is 1. The fraction of sp³-hybridized carbons (Fsp3) is 0.154. The summed E-state index contributed by atoms with van der Waals surface area (Å²) in [6, 6.07) is 7.37. The molecule has 4 nitrogen and oxygen atoms in total. The molecule has 1 atom stereocenters. The van der Waals surface area contributed by atoms with Gasteiger partial charge in [-0.3, -0.25) is 0 Å². The second kappa shape index (κ2) is 5.17. The topological polar surface area (TPSA) is 59.1 Å². The highest BCUT2D eigenvalue weighted by atomic mass is 35.5. The third kappa shape index (κ3) is 3.04. The molecule has 1 unspecified atom stereocenters. The van der Waals surface area contributed by atoms with Crippen LogP contribution in [0.15, 0.2) is 35.2 Å². The van der Waals surface area contributed by atoms with Gasteiger partial charge in [0.15, 0.2) is 0 Å². The maximum absolute atomic E-state index is 12.1. The molecular weight excluding hydrogens is 284 g/mol. The number of fused-ring (bicyclic) bond motifs is 1. The molecule has 1 N–H and O–H groups in total. The van der Waals surface area contributed by atoms with Crippen LogP contribution in [0.3, 0.4) is 0 Å². The normalized spacial score (nSPS) is 13.1. The first-order valence-electron chi connectivity index (χ1n) is 5.47. The highest BCUT2D eigenvalue weighted by Gasteiger charge is 2.16. The van der Waals surface area contributed by atoms with Crippen molar-refractivity contribution in [2.45, 2.75) is 17.9 Å². The highest BCUT2D eigenvalue weighted by Crippen LogP contribution is 2.19. The Bertz CT molecular complexity index is 766. The molecule has 98 valence electrons. The summed E-state index contributed by atoms with van der Waals surface area (Å²) < 4.78 is 26.5. The van der Waals surface area contributed by atoms with E-state index in [1.165, 1.54) is 12.1 Å². The molecule has 0 amide bonds. The Balaban J connectivity index is 2.47. The summed E-state index contributed by atoms with van der Waals surface area (Å²) in [5.74, 6) is 2.32. The molecule has 0 aliphatic carbocycles. The maximum Gasteiger partial charge on any atom is 0.241 e. The molecule has 6 heteroatoms. The second-order valence-corrected chi connectivity index (χ2v) is 6.10. The van der Waals surface area contributed by atoms with Crippen LogP contribution in [0.2, 0.25) is 5.15 Å². The molecule has 0 aliphatic rings. The zero-order chi connectivity index (χ0) is 14.0. The van der Waals surface area contributed by atoms with Crippen molar-refractivity contribution in [2.24, 2.45) is 0 Å². The number of rotatable bonds is 3. The van der Waals surface area contributed by atoms with E-state index in [1.807, 2.05) is 0 Å². The van der Waals surface area contributed by atoms with Gasteiger partial charge in [-0.25, -0.2) is 13.4 Å². The van der Waals surface area contributed by atoms with Gasteiger partial charge in [0, 0.05) is 5.39 Å². The zero-order valence-corrected chi connectivity index (χ0v) is 11.7. The lowest BCUT2D eigenvalue weighted by Gasteiger charge is -2.09. The molecule has 0 aliphatic heterocycles. The molecule has 1 aromatic carbocycles. The largest absolute Gasteiger partial charge is 0.241 e. The minimum Gasteiger partial charge on any atom is -0.236 e. The van der Waals surface area contributed by atoms with Crippen molar-refractivity contribution in [3.8, 4) is 12.3 Å². The Labute approximate surface area is 116 Å². The van der Waals surface area contributed by atoms with E-state index in [0.29, 0.717) is 16.1 Å². The van der Waals surface area contributed by atoms with Crippen LogP contribution in [-0.2, 0) is 10.0 Å². The summed E-state index contributed by atoms with van der Waals surface area (Å²) in [7, 11) is -3.63. The van der Waals surface area contributed by atoms with E-state index in [2.05, 4.69) is 15.6 Å². The molecule has 1 heterocycles. The van der Waals surface area contributed by atoms with Gasteiger partial charge in [-0.1, -0.05) is 17.5 Å². The summed E-state index contributed by atoms with van der Waals surface area (Å²) in [6.07, 6.45) is 5.16. The molecule has 0 saturated carbocycles. The number of halogens is 1. The fourth-order valence-electron chi connectivity index (χ4n) is 1.58. The number of sulfonamides is 1. The van der Waals surface area contributed by atoms with E-state index in [1.54, 1.807) is 25.1 Å². The Hall–Kier alpha value is -1.61. The van der Waals surface area contributed by atoms with Gasteiger partial charge in [0.1, 0.15) is 5.15 Å². The minimum absolute atomic E-state index is 0.145. The van der Waals surface area contributed by atoms with E-state index in [0.717, 1.165) is 0 Å². The highest BCUT2D eigenvalue weighted by molar-refractivity contribution is 7.89. The first kappa shape index (κ1) is 13.8. The van der Waals surface area contributed by atoms with Crippen molar-refractivity contribution >= 4 is 32.5 Å². The summed E-state index contributed by atoms with van der Waals surface area (Å²) >= 11 is 5.77. The van der Waals surface area contributed by atoms with Gasteiger partial charge in [0.2, 0.25) is 10.0 Å². The van der Waals surface area contributed by atoms with Crippen molar-refractivity contribution in [1.82, 2.24) is 9.71 Å². The van der Waals surface area contributed by atoms with E-state index in [4.69, 9.17) is 18.0 Å². The Morgan fingerprint density at radius 2 is 2.11 bits per heavy atom. The van der Waals surface area contributed by atoms with Crippen LogP contribution < -0.4 is 4.72 Å². The van der Waals surface area contributed by atoms with E-state index >= 15 is 0 Å². The molecular formula is C13H11ClN2O2S. The first-order chi connectivity index (χ1) is 8.92.